The van der Waals surface area contributed by atoms with Gasteiger partial charge in [-0.15, -0.1) is 0 Å². The van der Waals surface area contributed by atoms with E-state index in [4.69, 9.17) is 11.6 Å². The summed E-state index contributed by atoms with van der Waals surface area (Å²) in [6.07, 6.45) is 0.634. The van der Waals surface area contributed by atoms with Crippen LogP contribution in [0.3, 0.4) is 0 Å². The van der Waals surface area contributed by atoms with Gasteiger partial charge < -0.3 is 0 Å². The molecule has 0 spiro atoms. The third-order valence-electron chi connectivity index (χ3n) is 3.11. The summed E-state index contributed by atoms with van der Waals surface area (Å²) in [5.41, 5.74) is 1.62. The fourth-order valence-electron chi connectivity index (χ4n) is 2.11. The summed E-state index contributed by atoms with van der Waals surface area (Å²) >= 11 is 6.19. The molecule has 3 aromatic rings. The normalized spacial score (nSPS) is 10.6. The lowest BCUT2D eigenvalue weighted by Crippen LogP contribution is -1.99. The van der Waals surface area contributed by atoms with Crippen molar-refractivity contribution in [1.82, 2.24) is 9.78 Å². The number of carbonyl (C=O) groups is 1. The second-order valence-electron chi connectivity index (χ2n) is 4.40. The number of para-hydroxylation sites is 1. The molecule has 0 bridgehead atoms. The summed E-state index contributed by atoms with van der Waals surface area (Å²) in [5.74, 6) is -0.459. The number of aromatic nitrogens is 2. The van der Waals surface area contributed by atoms with Crippen molar-refractivity contribution >= 4 is 17.9 Å². The summed E-state index contributed by atoms with van der Waals surface area (Å²) < 4.78 is 15.1. The van der Waals surface area contributed by atoms with E-state index in [0.29, 0.717) is 12.0 Å². The van der Waals surface area contributed by atoms with E-state index in [1.807, 2.05) is 30.3 Å². The van der Waals surface area contributed by atoms with Crippen LogP contribution in [0.4, 0.5) is 4.39 Å². The maximum atomic E-state index is 13.9. The van der Waals surface area contributed by atoms with Gasteiger partial charge in [-0.25, -0.2) is 9.07 Å². The van der Waals surface area contributed by atoms with Gasteiger partial charge in [0.1, 0.15) is 22.4 Å². The fraction of sp³-hybridized carbons (Fsp3) is 0. The molecule has 3 nitrogen and oxygen atoms in total. The molecule has 0 amide bonds. The van der Waals surface area contributed by atoms with Crippen molar-refractivity contribution in [1.29, 1.82) is 0 Å². The first-order valence-corrected chi connectivity index (χ1v) is 6.64. The SMILES string of the molecule is O=Cc1c(-c2ccccc2)nn(-c2ccccc2F)c1Cl. The van der Waals surface area contributed by atoms with Crippen molar-refractivity contribution < 1.29 is 9.18 Å². The van der Waals surface area contributed by atoms with Crippen LogP contribution in [0.25, 0.3) is 16.9 Å². The molecule has 21 heavy (non-hydrogen) atoms. The Morgan fingerprint density at radius 3 is 2.38 bits per heavy atom. The fourth-order valence-corrected chi connectivity index (χ4v) is 2.37. The van der Waals surface area contributed by atoms with Crippen LogP contribution in [0.1, 0.15) is 10.4 Å². The monoisotopic (exact) mass is 300 g/mol. The van der Waals surface area contributed by atoms with Crippen molar-refractivity contribution in [2.75, 3.05) is 0 Å². The lowest BCUT2D eigenvalue weighted by Gasteiger charge is -2.03. The number of hydrogen-bond donors (Lipinski definition) is 0. The van der Waals surface area contributed by atoms with E-state index in [0.717, 1.165) is 5.56 Å². The molecule has 0 aliphatic rings. The van der Waals surface area contributed by atoms with E-state index in [2.05, 4.69) is 5.10 Å². The van der Waals surface area contributed by atoms with Crippen LogP contribution in [0.2, 0.25) is 5.15 Å². The Morgan fingerprint density at radius 2 is 1.71 bits per heavy atom. The van der Waals surface area contributed by atoms with Gasteiger partial charge in [-0.05, 0) is 12.1 Å². The Morgan fingerprint density at radius 1 is 1.05 bits per heavy atom. The Bertz CT molecular complexity index is 799. The Labute approximate surface area is 125 Å². The summed E-state index contributed by atoms with van der Waals surface area (Å²) in [4.78, 5) is 11.3. The molecule has 0 saturated heterocycles. The number of rotatable bonds is 3. The first kappa shape index (κ1) is 13.5. The number of carbonyl (C=O) groups excluding carboxylic acids is 1. The number of nitrogens with zero attached hydrogens (tertiary/aromatic N) is 2. The van der Waals surface area contributed by atoms with Gasteiger partial charge in [0.25, 0.3) is 0 Å². The molecule has 0 radical (unpaired) electrons. The number of hydrogen-bond acceptors (Lipinski definition) is 2. The minimum atomic E-state index is -0.459. The van der Waals surface area contributed by atoms with Gasteiger partial charge in [-0.1, -0.05) is 54.1 Å². The largest absolute Gasteiger partial charge is 0.298 e. The topological polar surface area (TPSA) is 34.9 Å². The van der Waals surface area contributed by atoms with Crippen LogP contribution in [0.15, 0.2) is 54.6 Å². The Balaban J connectivity index is 2.24. The highest BCUT2D eigenvalue weighted by Gasteiger charge is 2.19. The molecule has 3 rings (SSSR count). The van der Waals surface area contributed by atoms with Gasteiger partial charge in [0.2, 0.25) is 0 Å². The average Bonchev–Trinajstić information content (AvgIpc) is 2.85. The number of aldehydes is 1. The van der Waals surface area contributed by atoms with Gasteiger partial charge in [0, 0.05) is 5.56 Å². The zero-order valence-electron chi connectivity index (χ0n) is 10.8. The first-order valence-electron chi connectivity index (χ1n) is 6.26. The molecule has 0 N–H and O–H groups in total. The van der Waals surface area contributed by atoms with E-state index in [-0.39, 0.29) is 16.4 Å². The highest BCUT2D eigenvalue weighted by Crippen LogP contribution is 2.30. The number of benzene rings is 2. The van der Waals surface area contributed by atoms with Gasteiger partial charge in [0.15, 0.2) is 6.29 Å². The van der Waals surface area contributed by atoms with Crippen LogP contribution in [-0.2, 0) is 0 Å². The van der Waals surface area contributed by atoms with Crippen molar-refractivity contribution in [3.8, 4) is 16.9 Å². The number of halogens is 2. The first-order chi connectivity index (χ1) is 10.2. The summed E-state index contributed by atoms with van der Waals surface area (Å²) in [7, 11) is 0. The second-order valence-corrected chi connectivity index (χ2v) is 4.76. The molecule has 0 unspecified atom stereocenters. The minimum absolute atomic E-state index is 0.0916. The minimum Gasteiger partial charge on any atom is -0.298 e. The maximum absolute atomic E-state index is 13.9. The van der Waals surface area contributed by atoms with Crippen LogP contribution in [0, 0.1) is 5.82 Å². The molecule has 5 heteroatoms. The predicted octanol–water partition coefficient (Wildman–Crippen LogP) is 4.14. The molecule has 104 valence electrons. The smallest absolute Gasteiger partial charge is 0.155 e. The molecule has 0 atom stereocenters. The second kappa shape index (κ2) is 5.50. The Kier molecular flexibility index (Phi) is 3.54. The zero-order chi connectivity index (χ0) is 14.8. The molecule has 2 aromatic carbocycles. The highest BCUT2D eigenvalue weighted by molar-refractivity contribution is 6.32. The average molecular weight is 301 g/mol. The van der Waals surface area contributed by atoms with E-state index >= 15 is 0 Å². The van der Waals surface area contributed by atoms with E-state index in [9.17, 15) is 9.18 Å². The molecular formula is C16H10ClFN2O. The predicted molar refractivity (Wildman–Crippen MR) is 79.4 cm³/mol. The van der Waals surface area contributed by atoms with Crippen molar-refractivity contribution in [3.63, 3.8) is 0 Å². The molecule has 0 fully saturated rings. The molecular weight excluding hydrogens is 291 g/mol. The van der Waals surface area contributed by atoms with Crippen LogP contribution in [-0.4, -0.2) is 16.1 Å². The van der Waals surface area contributed by atoms with Crippen LogP contribution in [0.5, 0.6) is 0 Å². The zero-order valence-corrected chi connectivity index (χ0v) is 11.6. The van der Waals surface area contributed by atoms with Crippen molar-refractivity contribution in [2.24, 2.45) is 0 Å². The molecule has 0 aliphatic carbocycles. The lowest BCUT2D eigenvalue weighted by molar-refractivity contribution is 0.112. The summed E-state index contributed by atoms with van der Waals surface area (Å²) in [5, 5.41) is 4.39. The standard InChI is InChI=1S/C16H10ClFN2O/c17-16-12(10-21)15(11-6-2-1-3-7-11)19-20(16)14-9-5-4-8-13(14)18/h1-10H. The summed E-state index contributed by atoms with van der Waals surface area (Å²) in [6, 6.07) is 15.3. The molecule has 1 aromatic heterocycles. The van der Waals surface area contributed by atoms with Crippen molar-refractivity contribution in [2.45, 2.75) is 0 Å². The third-order valence-corrected chi connectivity index (χ3v) is 3.47. The highest BCUT2D eigenvalue weighted by atomic mass is 35.5. The molecule has 1 heterocycles. The van der Waals surface area contributed by atoms with Crippen molar-refractivity contribution in [3.05, 3.63) is 71.1 Å². The van der Waals surface area contributed by atoms with Crippen LogP contribution < -0.4 is 0 Å². The lowest BCUT2D eigenvalue weighted by atomic mass is 10.1. The molecule has 0 saturated carbocycles. The van der Waals surface area contributed by atoms with Gasteiger partial charge in [-0.2, -0.15) is 5.10 Å². The van der Waals surface area contributed by atoms with Gasteiger partial charge in [0.05, 0.1) is 5.56 Å². The summed E-state index contributed by atoms with van der Waals surface area (Å²) in [6.45, 7) is 0. The van der Waals surface area contributed by atoms with Gasteiger partial charge in [-0.3, -0.25) is 4.79 Å². The van der Waals surface area contributed by atoms with Crippen LogP contribution >= 0.6 is 11.6 Å². The maximum Gasteiger partial charge on any atom is 0.155 e. The molecule has 0 aliphatic heterocycles. The van der Waals surface area contributed by atoms with Gasteiger partial charge >= 0.3 is 0 Å². The van der Waals surface area contributed by atoms with E-state index < -0.39 is 5.82 Å². The third kappa shape index (κ3) is 2.34. The quantitative estimate of drug-likeness (QED) is 0.681. The Hall–Kier alpha value is -2.46. The van der Waals surface area contributed by atoms with E-state index in [1.165, 1.54) is 10.7 Å². The van der Waals surface area contributed by atoms with E-state index in [1.54, 1.807) is 18.2 Å².